The van der Waals surface area contributed by atoms with Gasteiger partial charge < -0.3 is 5.32 Å². The summed E-state index contributed by atoms with van der Waals surface area (Å²) < 4.78 is 0. The number of carbonyl (C=O) groups excluding carboxylic acids is 1. The van der Waals surface area contributed by atoms with Crippen LogP contribution in [0, 0.1) is 13.8 Å². The first kappa shape index (κ1) is 17.3. The molecule has 0 aliphatic rings. The van der Waals surface area contributed by atoms with Gasteiger partial charge in [-0.2, -0.15) is 0 Å². The second kappa shape index (κ2) is 7.13. The molecule has 3 aromatic rings. The second-order valence-electron chi connectivity index (χ2n) is 5.92. The molecule has 24 heavy (non-hydrogen) atoms. The Morgan fingerprint density at radius 1 is 1.21 bits per heavy atom. The van der Waals surface area contributed by atoms with Gasteiger partial charge in [0.2, 0.25) is 5.91 Å². The zero-order valence-electron chi connectivity index (χ0n) is 14.0. The highest BCUT2D eigenvalue weighted by atomic mass is 32.1. The fourth-order valence-electron chi connectivity index (χ4n) is 2.34. The fourth-order valence-corrected chi connectivity index (χ4v) is 4.83. The molecule has 0 radical (unpaired) electrons. The normalized spacial score (nSPS) is 11.2. The first-order chi connectivity index (χ1) is 11.4. The summed E-state index contributed by atoms with van der Waals surface area (Å²) in [6, 6.07) is 2.14. The van der Waals surface area contributed by atoms with E-state index in [2.05, 4.69) is 49.0 Å². The van der Waals surface area contributed by atoms with Crippen molar-refractivity contribution in [1.82, 2.24) is 9.97 Å². The average Bonchev–Trinajstić information content (AvgIpc) is 3.19. The molecule has 1 amide bonds. The Bertz CT molecular complexity index is 860. The highest BCUT2D eigenvalue weighted by molar-refractivity contribution is 7.14. The molecule has 0 saturated carbocycles. The first-order valence-electron chi connectivity index (χ1n) is 7.69. The molecule has 0 fully saturated rings. The van der Waals surface area contributed by atoms with E-state index in [0.717, 1.165) is 22.0 Å². The molecular formula is C17H19N3OS3. The van der Waals surface area contributed by atoms with Gasteiger partial charge >= 0.3 is 0 Å². The number of thiophene rings is 1. The third-order valence-corrected chi connectivity index (χ3v) is 6.39. The zero-order chi connectivity index (χ0) is 17.3. The predicted octanol–water partition coefficient (Wildman–Crippen LogP) is 5.25. The maximum absolute atomic E-state index is 12.2. The van der Waals surface area contributed by atoms with Crippen molar-refractivity contribution >= 4 is 45.0 Å². The van der Waals surface area contributed by atoms with E-state index in [1.807, 2.05) is 10.8 Å². The van der Waals surface area contributed by atoms with Gasteiger partial charge in [0.1, 0.15) is 0 Å². The first-order valence-corrected chi connectivity index (χ1v) is 10.3. The van der Waals surface area contributed by atoms with E-state index >= 15 is 0 Å². The number of nitrogens with one attached hydrogen (secondary N) is 1. The van der Waals surface area contributed by atoms with Crippen molar-refractivity contribution in [3.05, 3.63) is 37.3 Å². The summed E-state index contributed by atoms with van der Waals surface area (Å²) in [7, 11) is 0. The number of amides is 1. The minimum Gasteiger partial charge on any atom is -0.302 e. The molecule has 1 N–H and O–H groups in total. The van der Waals surface area contributed by atoms with Gasteiger partial charge in [0.25, 0.3) is 0 Å². The molecule has 126 valence electrons. The summed E-state index contributed by atoms with van der Waals surface area (Å²) in [6.45, 7) is 8.40. The van der Waals surface area contributed by atoms with Crippen LogP contribution >= 0.6 is 34.0 Å². The number of carbonyl (C=O) groups is 1. The van der Waals surface area contributed by atoms with E-state index in [-0.39, 0.29) is 12.3 Å². The minimum absolute atomic E-state index is 0.0743. The SMILES string of the molecule is Cc1cc(-c2csc(NC(=O)Cc3csc(C(C)C)n3)n2)c(C)s1. The van der Waals surface area contributed by atoms with Crippen LogP contribution in [0.3, 0.4) is 0 Å². The topological polar surface area (TPSA) is 54.9 Å². The van der Waals surface area contributed by atoms with Crippen molar-refractivity contribution < 1.29 is 4.79 Å². The van der Waals surface area contributed by atoms with Crippen LogP contribution < -0.4 is 5.32 Å². The number of aryl methyl sites for hydroxylation is 2. The van der Waals surface area contributed by atoms with Crippen LogP contribution in [-0.4, -0.2) is 15.9 Å². The van der Waals surface area contributed by atoms with Gasteiger partial charge in [-0.05, 0) is 19.9 Å². The van der Waals surface area contributed by atoms with E-state index in [1.165, 1.54) is 21.1 Å². The molecular weight excluding hydrogens is 358 g/mol. The lowest BCUT2D eigenvalue weighted by molar-refractivity contribution is -0.115. The Morgan fingerprint density at radius 2 is 2.00 bits per heavy atom. The second-order valence-corrected chi connectivity index (χ2v) is 9.13. The summed E-state index contributed by atoms with van der Waals surface area (Å²) in [5, 5.41) is 8.53. The molecule has 0 aromatic carbocycles. The van der Waals surface area contributed by atoms with E-state index < -0.39 is 0 Å². The number of thiazole rings is 2. The van der Waals surface area contributed by atoms with Crippen LogP contribution in [0.4, 0.5) is 5.13 Å². The zero-order valence-corrected chi connectivity index (χ0v) is 16.5. The van der Waals surface area contributed by atoms with Crippen molar-refractivity contribution in [1.29, 1.82) is 0 Å². The summed E-state index contributed by atoms with van der Waals surface area (Å²) in [6.07, 6.45) is 0.286. The number of hydrogen-bond acceptors (Lipinski definition) is 6. The Hall–Kier alpha value is -1.57. The minimum atomic E-state index is -0.0743. The maximum atomic E-state index is 12.2. The Balaban J connectivity index is 1.65. The molecule has 0 bridgehead atoms. The maximum Gasteiger partial charge on any atom is 0.232 e. The molecule has 0 saturated heterocycles. The molecule has 3 aromatic heterocycles. The standard InChI is InChI=1S/C17H19N3OS3/c1-9(2)16-18-12(7-22-16)6-15(21)20-17-19-14(8-23-17)13-5-10(3)24-11(13)4/h5,7-9H,6H2,1-4H3,(H,19,20,21). The van der Waals surface area contributed by atoms with E-state index in [0.29, 0.717) is 11.0 Å². The Kier molecular flexibility index (Phi) is 5.12. The lowest BCUT2D eigenvalue weighted by Crippen LogP contribution is -2.14. The monoisotopic (exact) mass is 377 g/mol. The van der Waals surface area contributed by atoms with Gasteiger partial charge in [0.05, 0.1) is 22.8 Å². The summed E-state index contributed by atoms with van der Waals surface area (Å²) in [4.78, 5) is 23.8. The van der Waals surface area contributed by atoms with Gasteiger partial charge in [-0.25, -0.2) is 9.97 Å². The lowest BCUT2D eigenvalue weighted by Gasteiger charge is -2.00. The van der Waals surface area contributed by atoms with E-state index in [4.69, 9.17) is 0 Å². The van der Waals surface area contributed by atoms with Crippen molar-refractivity contribution in [3.8, 4) is 11.3 Å². The molecule has 0 spiro atoms. The van der Waals surface area contributed by atoms with Gasteiger partial charge in [0, 0.05) is 32.0 Å². The number of nitrogens with zero attached hydrogens (tertiary/aromatic N) is 2. The van der Waals surface area contributed by atoms with Gasteiger partial charge in [-0.3, -0.25) is 4.79 Å². The van der Waals surface area contributed by atoms with Crippen molar-refractivity contribution in [2.45, 2.75) is 40.0 Å². The molecule has 0 aliphatic carbocycles. The Morgan fingerprint density at radius 3 is 2.62 bits per heavy atom. The molecule has 0 unspecified atom stereocenters. The van der Waals surface area contributed by atoms with Gasteiger partial charge in [-0.1, -0.05) is 13.8 Å². The number of hydrogen-bond donors (Lipinski definition) is 1. The largest absolute Gasteiger partial charge is 0.302 e. The molecule has 3 rings (SSSR count). The Labute approximate surface area is 153 Å². The quantitative estimate of drug-likeness (QED) is 0.661. The van der Waals surface area contributed by atoms with Crippen LogP contribution in [0.5, 0.6) is 0 Å². The highest BCUT2D eigenvalue weighted by Gasteiger charge is 2.13. The van der Waals surface area contributed by atoms with Gasteiger partial charge in [0.15, 0.2) is 5.13 Å². The highest BCUT2D eigenvalue weighted by Crippen LogP contribution is 2.32. The van der Waals surface area contributed by atoms with E-state index in [1.54, 1.807) is 22.7 Å². The van der Waals surface area contributed by atoms with Crippen LogP contribution in [0.15, 0.2) is 16.8 Å². The molecule has 3 heterocycles. The number of aromatic nitrogens is 2. The lowest BCUT2D eigenvalue weighted by atomic mass is 10.2. The number of rotatable bonds is 5. The van der Waals surface area contributed by atoms with Crippen LogP contribution in [0.1, 0.15) is 40.2 Å². The third kappa shape index (κ3) is 3.91. The van der Waals surface area contributed by atoms with Crippen molar-refractivity contribution in [2.24, 2.45) is 0 Å². The van der Waals surface area contributed by atoms with Crippen LogP contribution in [0.2, 0.25) is 0 Å². The van der Waals surface area contributed by atoms with Gasteiger partial charge in [-0.15, -0.1) is 34.0 Å². The molecule has 4 nitrogen and oxygen atoms in total. The summed E-state index contributed by atoms with van der Waals surface area (Å²) in [5.74, 6) is 0.320. The average molecular weight is 378 g/mol. The smallest absolute Gasteiger partial charge is 0.232 e. The predicted molar refractivity (Wildman–Crippen MR) is 103 cm³/mol. The third-order valence-electron chi connectivity index (χ3n) is 3.47. The summed E-state index contributed by atoms with van der Waals surface area (Å²) in [5.41, 5.74) is 2.89. The molecule has 7 heteroatoms. The summed E-state index contributed by atoms with van der Waals surface area (Å²) >= 11 is 4.83. The van der Waals surface area contributed by atoms with Crippen molar-refractivity contribution in [2.75, 3.05) is 5.32 Å². The molecule has 0 aliphatic heterocycles. The molecule has 0 atom stereocenters. The van der Waals surface area contributed by atoms with Crippen LogP contribution in [0.25, 0.3) is 11.3 Å². The van der Waals surface area contributed by atoms with Crippen LogP contribution in [-0.2, 0) is 11.2 Å². The van der Waals surface area contributed by atoms with Crippen molar-refractivity contribution in [3.63, 3.8) is 0 Å². The van der Waals surface area contributed by atoms with E-state index in [9.17, 15) is 4.79 Å². The number of anilines is 1. The fraction of sp³-hybridized carbons (Fsp3) is 0.353.